The van der Waals surface area contributed by atoms with E-state index in [1.807, 2.05) is 31.2 Å². The highest BCUT2D eigenvalue weighted by atomic mass is 127. The zero-order valence-corrected chi connectivity index (χ0v) is 11.7. The molecule has 0 heterocycles. The number of hydrogen-bond acceptors (Lipinski definition) is 1. The fourth-order valence-corrected chi connectivity index (χ4v) is 2.60. The van der Waals surface area contributed by atoms with Crippen molar-refractivity contribution in [3.05, 3.63) is 45.0 Å². The van der Waals surface area contributed by atoms with Crippen LogP contribution in [0, 0.1) is 3.57 Å². The minimum Gasteiger partial charge on any atom is -0.381 e. The van der Waals surface area contributed by atoms with Crippen molar-refractivity contribution in [3.63, 3.8) is 0 Å². The summed E-state index contributed by atoms with van der Waals surface area (Å²) in [5, 5.41) is 10.6. The molecular formula is C14H17IO. The molecule has 2 heteroatoms. The van der Waals surface area contributed by atoms with Crippen LogP contribution in [0.3, 0.4) is 0 Å². The monoisotopic (exact) mass is 328 g/mol. The van der Waals surface area contributed by atoms with Crippen molar-refractivity contribution in [3.8, 4) is 0 Å². The molecule has 0 bridgehead atoms. The van der Waals surface area contributed by atoms with Gasteiger partial charge in [-0.15, -0.1) is 0 Å². The van der Waals surface area contributed by atoms with Crippen LogP contribution in [0.2, 0.25) is 0 Å². The molecule has 1 aliphatic carbocycles. The van der Waals surface area contributed by atoms with Crippen LogP contribution in [0.4, 0.5) is 0 Å². The molecule has 86 valence electrons. The van der Waals surface area contributed by atoms with Crippen molar-refractivity contribution < 1.29 is 5.11 Å². The fraction of sp³-hybridized carbons (Fsp3) is 0.429. The van der Waals surface area contributed by atoms with Gasteiger partial charge in [-0.3, -0.25) is 0 Å². The molecule has 1 aromatic rings. The summed E-state index contributed by atoms with van der Waals surface area (Å²) in [5.41, 5.74) is 1.39. The summed E-state index contributed by atoms with van der Waals surface area (Å²) in [5.74, 6) is 0. The van der Waals surface area contributed by atoms with Crippen LogP contribution in [0.25, 0.3) is 0 Å². The second kappa shape index (κ2) is 4.88. The number of allylic oxidation sites excluding steroid dienone is 1. The van der Waals surface area contributed by atoms with Gasteiger partial charge in [-0.05, 0) is 78.5 Å². The number of aliphatic hydroxyl groups is 1. The molecule has 1 atom stereocenters. The Hall–Kier alpha value is -0.350. The number of hydrogen-bond donors (Lipinski definition) is 1. The van der Waals surface area contributed by atoms with Gasteiger partial charge in [0.15, 0.2) is 0 Å². The summed E-state index contributed by atoms with van der Waals surface area (Å²) < 4.78 is 1.20. The predicted octanol–water partition coefficient (Wildman–Crippen LogP) is 4.00. The van der Waals surface area contributed by atoms with Crippen molar-refractivity contribution in [2.45, 2.75) is 38.2 Å². The van der Waals surface area contributed by atoms with Crippen LogP contribution < -0.4 is 0 Å². The van der Waals surface area contributed by atoms with Crippen LogP contribution in [0.15, 0.2) is 35.9 Å². The molecular weight excluding hydrogens is 311 g/mol. The van der Waals surface area contributed by atoms with E-state index >= 15 is 0 Å². The maximum atomic E-state index is 10.6. The molecule has 1 aromatic carbocycles. The third-order valence-electron chi connectivity index (χ3n) is 3.32. The first-order chi connectivity index (χ1) is 7.60. The van der Waals surface area contributed by atoms with E-state index in [0.29, 0.717) is 0 Å². The van der Waals surface area contributed by atoms with Gasteiger partial charge in [-0.25, -0.2) is 0 Å². The summed E-state index contributed by atoms with van der Waals surface area (Å²) >= 11 is 2.28. The molecule has 0 spiro atoms. The highest BCUT2D eigenvalue weighted by Crippen LogP contribution is 2.35. The summed E-state index contributed by atoms with van der Waals surface area (Å²) in [4.78, 5) is 0. The molecule has 0 saturated carbocycles. The second-order valence-corrected chi connectivity index (χ2v) is 5.80. The Balaban J connectivity index is 2.30. The van der Waals surface area contributed by atoms with Gasteiger partial charge in [0, 0.05) is 3.57 Å². The highest BCUT2D eigenvalue weighted by Gasteiger charge is 2.28. The number of rotatable bonds is 2. The number of halogens is 1. The molecule has 1 N–H and O–H groups in total. The molecule has 0 amide bonds. The van der Waals surface area contributed by atoms with Crippen LogP contribution in [0.1, 0.15) is 38.2 Å². The average Bonchev–Trinajstić information content (AvgIpc) is 2.31. The molecule has 0 saturated heterocycles. The molecule has 16 heavy (non-hydrogen) atoms. The van der Waals surface area contributed by atoms with Gasteiger partial charge >= 0.3 is 0 Å². The van der Waals surface area contributed by atoms with Gasteiger partial charge in [-0.1, -0.05) is 18.2 Å². The molecule has 1 nitrogen and oxygen atoms in total. The van der Waals surface area contributed by atoms with E-state index < -0.39 is 5.60 Å². The standard InChI is InChI=1S/C14H17IO/c1-14(16,11-5-3-2-4-6-11)12-7-9-13(15)10-8-12/h5,7-10,16H,2-4,6H2,1H3. The minimum absolute atomic E-state index is 0.787. The first-order valence-corrected chi connectivity index (χ1v) is 6.86. The maximum Gasteiger partial charge on any atom is 0.108 e. The van der Waals surface area contributed by atoms with E-state index in [9.17, 15) is 5.11 Å². The van der Waals surface area contributed by atoms with E-state index in [2.05, 4.69) is 28.7 Å². The zero-order valence-electron chi connectivity index (χ0n) is 9.54. The van der Waals surface area contributed by atoms with E-state index in [1.54, 1.807) is 0 Å². The maximum absolute atomic E-state index is 10.6. The SMILES string of the molecule is CC(O)(C1=CCCCC1)c1ccc(I)cc1. The van der Waals surface area contributed by atoms with E-state index in [4.69, 9.17) is 0 Å². The Labute approximate surface area is 111 Å². The largest absolute Gasteiger partial charge is 0.381 e. The van der Waals surface area contributed by atoms with Crippen LogP contribution >= 0.6 is 22.6 Å². The van der Waals surface area contributed by atoms with Crippen molar-refractivity contribution >= 4 is 22.6 Å². The quantitative estimate of drug-likeness (QED) is 0.643. The Morgan fingerprint density at radius 2 is 1.88 bits per heavy atom. The smallest absolute Gasteiger partial charge is 0.108 e. The molecule has 0 aromatic heterocycles. The molecule has 0 aliphatic heterocycles. The Bertz CT molecular complexity index is 390. The summed E-state index contributed by atoms with van der Waals surface area (Å²) in [6.07, 6.45) is 6.80. The lowest BCUT2D eigenvalue weighted by atomic mass is 9.82. The Morgan fingerprint density at radius 1 is 1.19 bits per heavy atom. The lowest BCUT2D eigenvalue weighted by Gasteiger charge is -2.29. The first-order valence-electron chi connectivity index (χ1n) is 5.78. The Kier molecular flexibility index (Phi) is 3.70. The van der Waals surface area contributed by atoms with Crippen LogP contribution in [0.5, 0.6) is 0 Å². The fourth-order valence-electron chi connectivity index (χ4n) is 2.24. The summed E-state index contributed by atoms with van der Waals surface area (Å²) in [7, 11) is 0. The average molecular weight is 328 g/mol. The predicted molar refractivity (Wildman–Crippen MR) is 75.3 cm³/mol. The third kappa shape index (κ3) is 2.48. The normalized spacial score (nSPS) is 20.1. The highest BCUT2D eigenvalue weighted by molar-refractivity contribution is 14.1. The van der Waals surface area contributed by atoms with Crippen LogP contribution in [-0.2, 0) is 5.60 Å². The lowest BCUT2D eigenvalue weighted by Crippen LogP contribution is -2.25. The second-order valence-electron chi connectivity index (χ2n) is 4.55. The van der Waals surface area contributed by atoms with Gasteiger partial charge in [0.2, 0.25) is 0 Å². The van der Waals surface area contributed by atoms with Gasteiger partial charge in [-0.2, -0.15) is 0 Å². The number of benzene rings is 1. The van der Waals surface area contributed by atoms with Gasteiger partial charge in [0.25, 0.3) is 0 Å². The molecule has 1 unspecified atom stereocenters. The molecule has 1 aliphatic rings. The minimum atomic E-state index is -0.787. The van der Waals surface area contributed by atoms with E-state index in [1.165, 1.54) is 22.0 Å². The lowest BCUT2D eigenvalue weighted by molar-refractivity contribution is 0.0915. The van der Waals surface area contributed by atoms with Gasteiger partial charge in [0.05, 0.1) is 0 Å². The van der Waals surface area contributed by atoms with Gasteiger partial charge < -0.3 is 5.11 Å². The molecule has 0 fully saturated rings. The summed E-state index contributed by atoms with van der Waals surface area (Å²) in [6.45, 7) is 1.91. The van der Waals surface area contributed by atoms with Crippen molar-refractivity contribution in [1.29, 1.82) is 0 Å². The molecule has 0 radical (unpaired) electrons. The third-order valence-corrected chi connectivity index (χ3v) is 4.04. The van der Waals surface area contributed by atoms with E-state index in [-0.39, 0.29) is 0 Å². The zero-order chi connectivity index (χ0) is 11.6. The topological polar surface area (TPSA) is 20.2 Å². The molecule has 2 rings (SSSR count). The van der Waals surface area contributed by atoms with Crippen molar-refractivity contribution in [2.75, 3.05) is 0 Å². The van der Waals surface area contributed by atoms with Crippen molar-refractivity contribution in [2.24, 2.45) is 0 Å². The Morgan fingerprint density at radius 3 is 2.44 bits per heavy atom. The van der Waals surface area contributed by atoms with Gasteiger partial charge in [0.1, 0.15) is 5.60 Å². The summed E-state index contributed by atoms with van der Waals surface area (Å²) in [6, 6.07) is 8.15. The first kappa shape index (κ1) is 12.1. The van der Waals surface area contributed by atoms with Crippen LogP contribution in [-0.4, -0.2) is 5.11 Å². The van der Waals surface area contributed by atoms with E-state index in [0.717, 1.165) is 18.4 Å². The van der Waals surface area contributed by atoms with Crippen molar-refractivity contribution in [1.82, 2.24) is 0 Å².